The fourth-order valence-corrected chi connectivity index (χ4v) is 2.00. The van der Waals surface area contributed by atoms with Crippen LogP contribution in [-0.4, -0.2) is 37.0 Å². The highest BCUT2D eigenvalue weighted by Gasteiger charge is 2.44. The molecule has 1 aliphatic rings. The number of hydrogen-bond donors (Lipinski definition) is 1. The maximum Gasteiger partial charge on any atom is 0.311 e. The summed E-state index contributed by atoms with van der Waals surface area (Å²) in [5, 5.41) is 10.3. The minimum Gasteiger partial charge on any atom is -0.469 e. The van der Waals surface area contributed by atoms with E-state index in [0.717, 1.165) is 12.8 Å². The molecule has 0 saturated carbocycles. The molecule has 1 aliphatic heterocycles. The molecule has 4 heteroatoms. The Kier molecular flexibility index (Phi) is 4.54. The number of rotatable bonds is 5. The Morgan fingerprint density at radius 1 is 1.67 bits per heavy atom. The zero-order chi connectivity index (χ0) is 11.3. The van der Waals surface area contributed by atoms with Crippen LogP contribution in [0.5, 0.6) is 0 Å². The van der Waals surface area contributed by atoms with Crippen LogP contribution < -0.4 is 0 Å². The highest BCUT2D eigenvalue weighted by Crippen LogP contribution is 2.31. The summed E-state index contributed by atoms with van der Waals surface area (Å²) in [6, 6.07) is 0. The van der Waals surface area contributed by atoms with Gasteiger partial charge >= 0.3 is 5.97 Å². The van der Waals surface area contributed by atoms with E-state index in [0.29, 0.717) is 19.4 Å². The summed E-state index contributed by atoms with van der Waals surface area (Å²) in [6.07, 6.45) is 3.12. The lowest BCUT2D eigenvalue weighted by atomic mass is 9.83. The van der Waals surface area contributed by atoms with Crippen LogP contribution in [0.25, 0.3) is 0 Å². The molecule has 0 aliphatic carbocycles. The van der Waals surface area contributed by atoms with E-state index in [9.17, 15) is 9.90 Å². The van der Waals surface area contributed by atoms with Crippen LogP contribution in [0.1, 0.15) is 32.6 Å². The monoisotopic (exact) mass is 216 g/mol. The van der Waals surface area contributed by atoms with Gasteiger partial charge in [-0.2, -0.15) is 0 Å². The molecule has 88 valence electrons. The van der Waals surface area contributed by atoms with Gasteiger partial charge in [0.15, 0.2) is 0 Å². The molecule has 1 fully saturated rings. The van der Waals surface area contributed by atoms with Crippen molar-refractivity contribution in [2.75, 3.05) is 20.3 Å². The van der Waals surface area contributed by atoms with E-state index >= 15 is 0 Å². The lowest BCUT2D eigenvalue weighted by Gasteiger charge is -2.29. The number of carbonyl (C=O) groups is 1. The fraction of sp³-hybridized carbons (Fsp3) is 0.909. The lowest BCUT2D eigenvalue weighted by molar-refractivity contribution is -0.156. The largest absolute Gasteiger partial charge is 0.469 e. The first-order valence-electron chi connectivity index (χ1n) is 5.52. The van der Waals surface area contributed by atoms with E-state index in [4.69, 9.17) is 9.47 Å². The van der Waals surface area contributed by atoms with E-state index in [-0.39, 0.29) is 12.6 Å². The number of unbranched alkanes of at least 4 members (excludes halogenated alkanes) is 1. The summed E-state index contributed by atoms with van der Waals surface area (Å²) >= 11 is 0. The highest BCUT2D eigenvalue weighted by molar-refractivity contribution is 5.73. The quantitative estimate of drug-likeness (QED) is 0.700. The van der Waals surface area contributed by atoms with E-state index in [1.54, 1.807) is 0 Å². The molecule has 0 bridgehead atoms. The first-order valence-corrected chi connectivity index (χ1v) is 5.52. The zero-order valence-corrected chi connectivity index (χ0v) is 9.49. The third kappa shape index (κ3) is 2.92. The Balaban J connectivity index is 2.65. The van der Waals surface area contributed by atoms with Crippen molar-refractivity contribution in [3.63, 3.8) is 0 Å². The van der Waals surface area contributed by atoms with Gasteiger partial charge in [0.2, 0.25) is 0 Å². The average Bonchev–Trinajstić information content (AvgIpc) is 2.66. The molecule has 1 N–H and O–H groups in total. The van der Waals surface area contributed by atoms with Crippen molar-refractivity contribution in [1.82, 2.24) is 0 Å². The van der Waals surface area contributed by atoms with Crippen molar-refractivity contribution in [2.24, 2.45) is 5.92 Å². The second-order valence-electron chi connectivity index (χ2n) is 4.12. The minimum absolute atomic E-state index is 0.247. The topological polar surface area (TPSA) is 55.8 Å². The van der Waals surface area contributed by atoms with Gasteiger partial charge in [-0.15, -0.1) is 0 Å². The third-order valence-electron chi connectivity index (χ3n) is 3.01. The smallest absolute Gasteiger partial charge is 0.311 e. The second-order valence-corrected chi connectivity index (χ2v) is 4.12. The predicted molar refractivity (Wildman–Crippen MR) is 55.4 cm³/mol. The zero-order valence-electron chi connectivity index (χ0n) is 9.49. The summed E-state index contributed by atoms with van der Waals surface area (Å²) in [7, 11) is 1.36. The Labute approximate surface area is 90.6 Å². The van der Waals surface area contributed by atoms with Crippen LogP contribution in [-0.2, 0) is 14.3 Å². The Morgan fingerprint density at radius 2 is 2.40 bits per heavy atom. The van der Waals surface area contributed by atoms with Crippen LogP contribution in [0.4, 0.5) is 0 Å². The first kappa shape index (κ1) is 12.5. The Morgan fingerprint density at radius 3 is 2.87 bits per heavy atom. The van der Waals surface area contributed by atoms with Crippen molar-refractivity contribution in [2.45, 2.75) is 38.2 Å². The van der Waals surface area contributed by atoms with Crippen LogP contribution in [0.2, 0.25) is 0 Å². The molecule has 0 aromatic heterocycles. The van der Waals surface area contributed by atoms with Crippen molar-refractivity contribution in [1.29, 1.82) is 0 Å². The fourth-order valence-electron chi connectivity index (χ4n) is 2.00. The third-order valence-corrected chi connectivity index (χ3v) is 3.01. The average molecular weight is 216 g/mol. The van der Waals surface area contributed by atoms with Crippen molar-refractivity contribution < 1.29 is 19.4 Å². The number of hydrogen-bond acceptors (Lipinski definition) is 4. The molecule has 0 spiro atoms. The maximum absolute atomic E-state index is 11.6. The molecule has 1 rings (SSSR count). The Hall–Kier alpha value is -0.610. The van der Waals surface area contributed by atoms with Gasteiger partial charge in [0, 0.05) is 13.0 Å². The highest BCUT2D eigenvalue weighted by atomic mass is 16.5. The second kappa shape index (κ2) is 5.47. The van der Waals surface area contributed by atoms with E-state index in [2.05, 4.69) is 6.92 Å². The SMILES string of the molecule is CCCCC(C(=O)OC)C1(O)CCOC1. The summed E-state index contributed by atoms with van der Waals surface area (Å²) < 4.78 is 9.89. The molecule has 1 saturated heterocycles. The number of methoxy groups -OCH3 is 1. The summed E-state index contributed by atoms with van der Waals surface area (Å²) in [5.41, 5.74) is -1.01. The molecular formula is C11H20O4. The van der Waals surface area contributed by atoms with E-state index in [1.165, 1.54) is 7.11 Å². The van der Waals surface area contributed by atoms with Crippen molar-refractivity contribution in [3.8, 4) is 0 Å². The normalized spacial score (nSPS) is 27.7. The first-order chi connectivity index (χ1) is 7.14. The molecule has 4 nitrogen and oxygen atoms in total. The van der Waals surface area contributed by atoms with Crippen LogP contribution in [0, 0.1) is 5.92 Å². The predicted octanol–water partition coefficient (Wildman–Crippen LogP) is 1.12. The lowest BCUT2D eigenvalue weighted by Crippen LogP contribution is -2.43. The molecule has 1 heterocycles. The Bertz CT molecular complexity index is 209. The number of ether oxygens (including phenoxy) is 2. The van der Waals surface area contributed by atoms with Gasteiger partial charge in [-0.05, 0) is 6.42 Å². The molecule has 0 amide bonds. The maximum atomic E-state index is 11.6. The van der Waals surface area contributed by atoms with Gasteiger partial charge in [0.05, 0.1) is 19.6 Å². The van der Waals surface area contributed by atoms with Crippen LogP contribution in [0.15, 0.2) is 0 Å². The molecule has 0 aromatic carbocycles. The van der Waals surface area contributed by atoms with Gasteiger partial charge < -0.3 is 14.6 Å². The minimum atomic E-state index is -1.01. The standard InChI is InChI=1S/C11H20O4/c1-3-4-5-9(10(12)14-2)11(13)6-7-15-8-11/h9,13H,3-8H2,1-2H3. The summed E-state index contributed by atoms with van der Waals surface area (Å²) in [4.78, 5) is 11.6. The van der Waals surface area contributed by atoms with Gasteiger partial charge in [-0.3, -0.25) is 4.79 Å². The molecule has 0 aromatic rings. The van der Waals surface area contributed by atoms with Crippen molar-refractivity contribution >= 4 is 5.97 Å². The van der Waals surface area contributed by atoms with Gasteiger partial charge in [0.25, 0.3) is 0 Å². The van der Waals surface area contributed by atoms with E-state index < -0.39 is 11.5 Å². The van der Waals surface area contributed by atoms with Crippen LogP contribution >= 0.6 is 0 Å². The van der Waals surface area contributed by atoms with Gasteiger partial charge in [-0.25, -0.2) is 0 Å². The molecule has 2 atom stereocenters. The van der Waals surface area contributed by atoms with Gasteiger partial charge in [0.1, 0.15) is 5.60 Å². The number of esters is 1. The van der Waals surface area contributed by atoms with Crippen LogP contribution in [0.3, 0.4) is 0 Å². The summed E-state index contributed by atoms with van der Waals surface area (Å²) in [6.45, 7) is 2.83. The molecular weight excluding hydrogens is 196 g/mol. The van der Waals surface area contributed by atoms with Gasteiger partial charge in [-0.1, -0.05) is 19.8 Å². The molecule has 0 radical (unpaired) electrons. The molecule has 2 unspecified atom stereocenters. The number of aliphatic hydroxyl groups is 1. The van der Waals surface area contributed by atoms with E-state index in [1.807, 2.05) is 0 Å². The molecule has 15 heavy (non-hydrogen) atoms. The number of carbonyl (C=O) groups excluding carboxylic acids is 1. The summed E-state index contributed by atoms with van der Waals surface area (Å²) in [5.74, 6) is -0.763. The van der Waals surface area contributed by atoms with Crippen molar-refractivity contribution in [3.05, 3.63) is 0 Å².